The molecule has 1 fully saturated rings. The quantitative estimate of drug-likeness (QED) is 0.618. The molecule has 0 spiro atoms. The summed E-state index contributed by atoms with van der Waals surface area (Å²) in [5, 5.41) is 0. The summed E-state index contributed by atoms with van der Waals surface area (Å²) >= 11 is 0. The Morgan fingerprint density at radius 2 is 1.60 bits per heavy atom. The fourth-order valence-electron chi connectivity index (χ4n) is 3.62. The number of rotatable bonds is 4. The second-order valence-corrected chi connectivity index (χ2v) is 8.00. The van der Waals surface area contributed by atoms with Gasteiger partial charge in [-0.25, -0.2) is 0 Å². The van der Waals surface area contributed by atoms with Crippen molar-refractivity contribution in [3.05, 3.63) is 35.4 Å². The van der Waals surface area contributed by atoms with Crippen molar-refractivity contribution in [1.82, 2.24) is 0 Å². The molecule has 0 heteroatoms. The monoisotopic (exact) mass is 272 g/mol. The van der Waals surface area contributed by atoms with E-state index >= 15 is 0 Å². The summed E-state index contributed by atoms with van der Waals surface area (Å²) in [4.78, 5) is 0. The summed E-state index contributed by atoms with van der Waals surface area (Å²) < 4.78 is 0. The second kappa shape index (κ2) is 6.78. The van der Waals surface area contributed by atoms with E-state index in [1.807, 2.05) is 0 Å². The molecule has 1 saturated carbocycles. The minimum atomic E-state index is 0.270. The lowest BCUT2D eigenvalue weighted by atomic mass is 9.81. The van der Waals surface area contributed by atoms with Gasteiger partial charge in [0, 0.05) is 0 Å². The van der Waals surface area contributed by atoms with Crippen LogP contribution >= 0.6 is 0 Å². The van der Waals surface area contributed by atoms with Gasteiger partial charge in [0.1, 0.15) is 0 Å². The summed E-state index contributed by atoms with van der Waals surface area (Å²) in [6, 6.07) is 9.33. The molecule has 2 rings (SSSR count). The highest BCUT2D eigenvalue weighted by Crippen LogP contribution is 2.30. The maximum atomic E-state index is 2.44. The van der Waals surface area contributed by atoms with Crippen LogP contribution in [0.25, 0.3) is 0 Å². The van der Waals surface area contributed by atoms with Gasteiger partial charge in [-0.3, -0.25) is 0 Å². The highest BCUT2D eigenvalue weighted by Gasteiger charge is 2.17. The Labute approximate surface area is 126 Å². The molecule has 0 nitrogen and oxygen atoms in total. The van der Waals surface area contributed by atoms with E-state index in [0.29, 0.717) is 0 Å². The minimum Gasteiger partial charge on any atom is -0.0622 e. The number of hydrogen-bond donors (Lipinski definition) is 0. The Bertz CT molecular complexity index is 387. The van der Waals surface area contributed by atoms with E-state index in [1.165, 1.54) is 56.1 Å². The Hall–Kier alpha value is -0.780. The van der Waals surface area contributed by atoms with Crippen LogP contribution in [0.4, 0.5) is 0 Å². The first kappa shape index (κ1) is 15.6. The smallest absolute Gasteiger partial charge is 0.0132 e. The van der Waals surface area contributed by atoms with Crippen molar-refractivity contribution in [3.63, 3.8) is 0 Å². The van der Waals surface area contributed by atoms with E-state index in [4.69, 9.17) is 0 Å². The number of hydrogen-bond acceptors (Lipinski definition) is 0. The third kappa shape index (κ3) is 4.65. The van der Waals surface area contributed by atoms with Crippen LogP contribution in [0.1, 0.15) is 77.3 Å². The summed E-state index contributed by atoms with van der Waals surface area (Å²) in [6.45, 7) is 9.29. The average Bonchev–Trinajstić information content (AvgIpc) is 2.39. The third-order valence-electron chi connectivity index (χ3n) is 4.86. The van der Waals surface area contributed by atoms with Crippen LogP contribution in [-0.2, 0) is 11.8 Å². The van der Waals surface area contributed by atoms with Gasteiger partial charge in [0.15, 0.2) is 0 Å². The van der Waals surface area contributed by atoms with Crippen LogP contribution < -0.4 is 0 Å². The zero-order valence-corrected chi connectivity index (χ0v) is 13.9. The van der Waals surface area contributed by atoms with Crippen LogP contribution in [0, 0.1) is 11.8 Å². The standard InChI is InChI=1S/C20H32/c1-16(14-17-8-6-5-7-9-17)15-18-10-12-19(13-11-18)20(2,3)4/h10-13,16-17H,5-9,14-15H2,1-4H3. The molecule has 0 saturated heterocycles. The van der Waals surface area contributed by atoms with Gasteiger partial charge in [-0.1, -0.05) is 84.1 Å². The summed E-state index contributed by atoms with van der Waals surface area (Å²) in [5.41, 5.74) is 3.23. The third-order valence-corrected chi connectivity index (χ3v) is 4.86. The van der Waals surface area contributed by atoms with Crippen LogP contribution in [0.3, 0.4) is 0 Å². The van der Waals surface area contributed by atoms with Gasteiger partial charge in [0.05, 0.1) is 0 Å². The second-order valence-electron chi connectivity index (χ2n) is 8.00. The average molecular weight is 272 g/mol. The largest absolute Gasteiger partial charge is 0.0622 e. The fourth-order valence-corrected chi connectivity index (χ4v) is 3.62. The van der Waals surface area contributed by atoms with Gasteiger partial charge >= 0.3 is 0 Å². The van der Waals surface area contributed by atoms with E-state index in [9.17, 15) is 0 Å². The van der Waals surface area contributed by atoms with E-state index < -0.39 is 0 Å². The Morgan fingerprint density at radius 1 is 1.00 bits per heavy atom. The zero-order valence-electron chi connectivity index (χ0n) is 13.9. The number of benzene rings is 1. The van der Waals surface area contributed by atoms with Gasteiger partial charge in [-0.05, 0) is 41.2 Å². The molecule has 20 heavy (non-hydrogen) atoms. The highest BCUT2D eigenvalue weighted by atomic mass is 14.2. The molecule has 1 aromatic carbocycles. The zero-order chi connectivity index (χ0) is 14.6. The van der Waals surface area contributed by atoms with Crippen LogP contribution in [0.15, 0.2) is 24.3 Å². The first-order valence-corrected chi connectivity index (χ1v) is 8.54. The maximum Gasteiger partial charge on any atom is -0.0132 e. The SMILES string of the molecule is CC(Cc1ccc(C(C)(C)C)cc1)CC1CCCCC1. The topological polar surface area (TPSA) is 0 Å². The van der Waals surface area contributed by atoms with E-state index in [0.717, 1.165) is 11.8 Å². The molecule has 0 bridgehead atoms. The molecular formula is C20H32. The maximum absolute atomic E-state index is 2.44. The normalized spacial score (nSPS) is 19.0. The van der Waals surface area contributed by atoms with Crippen LogP contribution in [0.5, 0.6) is 0 Å². The molecule has 0 aliphatic heterocycles. The molecule has 1 aromatic rings. The fraction of sp³-hybridized carbons (Fsp3) is 0.700. The van der Waals surface area contributed by atoms with E-state index in [1.54, 1.807) is 0 Å². The first-order valence-electron chi connectivity index (χ1n) is 8.54. The molecule has 0 radical (unpaired) electrons. The molecule has 1 aliphatic carbocycles. The summed E-state index contributed by atoms with van der Waals surface area (Å²) in [5.74, 6) is 1.84. The summed E-state index contributed by atoms with van der Waals surface area (Å²) in [6.07, 6.45) is 10.1. The predicted molar refractivity (Wildman–Crippen MR) is 89.2 cm³/mol. The lowest BCUT2D eigenvalue weighted by molar-refractivity contribution is 0.295. The van der Waals surface area contributed by atoms with E-state index in [-0.39, 0.29) is 5.41 Å². The van der Waals surface area contributed by atoms with E-state index in [2.05, 4.69) is 52.0 Å². The minimum absolute atomic E-state index is 0.270. The van der Waals surface area contributed by atoms with Gasteiger partial charge in [0.2, 0.25) is 0 Å². The molecule has 0 amide bonds. The van der Waals surface area contributed by atoms with Gasteiger partial charge < -0.3 is 0 Å². The highest BCUT2D eigenvalue weighted by molar-refractivity contribution is 5.27. The molecule has 0 heterocycles. The summed E-state index contributed by atoms with van der Waals surface area (Å²) in [7, 11) is 0. The Balaban J connectivity index is 1.86. The molecule has 112 valence electrons. The van der Waals surface area contributed by atoms with Crippen molar-refractivity contribution >= 4 is 0 Å². The lowest BCUT2D eigenvalue weighted by Crippen LogP contribution is -2.13. The molecule has 1 atom stereocenters. The molecule has 0 aromatic heterocycles. The van der Waals surface area contributed by atoms with Crippen molar-refractivity contribution < 1.29 is 0 Å². The van der Waals surface area contributed by atoms with Crippen LogP contribution in [0.2, 0.25) is 0 Å². The van der Waals surface area contributed by atoms with Crippen LogP contribution in [-0.4, -0.2) is 0 Å². The van der Waals surface area contributed by atoms with Crippen molar-refractivity contribution in [2.75, 3.05) is 0 Å². The van der Waals surface area contributed by atoms with Gasteiger partial charge in [-0.15, -0.1) is 0 Å². The van der Waals surface area contributed by atoms with Crippen molar-refractivity contribution in [2.45, 2.75) is 78.1 Å². The van der Waals surface area contributed by atoms with Crippen molar-refractivity contribution in [2.24, 2.45) is 11.8 Å². The first-order chi connectivity index (χ1) is 9.45. The lowest BCUT2D eigenvalue weighted by Gasteiger charge is -2.25. The van der Waals surface area contributed by atoms with Gasteiger partial charge in [0.25, 0.3) is 0 Å². The van der Waals surface area contributed by atoms with Crippen molar-refractivity contribution in [3.8, 4) is 0 Å². The Morgan fingerprint density at radius 3 is 2.15 bits per heavy atom. The predicted octanol–water partition coefficient (Wildman–Crippen LogP) is 6.13. The molecular weight excluding hydrogens is 240 g/mol. The Kier molecular flexibility index (Phi) is 5.29. The molecule has 0 N–H and O–H groups in total. The van der Waals surface area contributed by atoms with Crippen molar-refractivity contribution in [1.29, 1.82) is 0 Å². The van der Waals surface area contributed by atoms with Gasteiger partial charge in [-0.2, -0.15) is 0 Å². The molecule has 1 aliphatic rings. The molecule has 1 unspecified atom stereocenters.